The summed E-state index contributed by atoms with van der Waals surface area (Å²) >= 11 is 1.40. The molecule has 1 fully saturated rings. The highest BCUT2D eigenvalue weighted by Crippen LogP contribution is 2.40. The number of nitrogens with one attached hydrogen (secondary N) is 1. The second kappa shape index (κ2) is 9.87. The Morgan fingerprint density at radius 2 is 1.91 bits per heavy atom. The van der Waals surface area contributed by atoms with Gasteiger partial charge in [0.05, 0.1) is 25.0 Å². The number of fused-ring (bicyclic) bond motifs is 1. The summed E-state index contributed by atoms with van der Waals surface area (Å²) in [4.78, 5) is 29.0. The van der Waals surface area contributed by atoms with E-state index in [-0.39, 0.29) is 24.5 Å². The quantitative estimate of drug-likeness (QED) is 0.540. The topological polar surface area (TPSA) is 86.3 Å². The average molecular weight is 495 g/mol. The van der Waals surface area contributed by atoms with E-state index in [1.54, 1.807) is 25.2 Å². The number of hydrogen-bond acceptors (Lipinski definition) is 7. The Labute approximate surface area is 207 Å². The molecule has 8 nitrogen and oxygen atoms in total. The lowest BCUT2D eigenvalue weighted by molar-refractivity contribution is -0.125. The first-order valence-corrected chi connectivity index (χ1v) is 12.2. The van der Waals surface area contributed by atoms with Crippen molar-refractivity contribution in [2.75, 3.05) is 34.1 Å². The van der Waals surface area contributed by atoms with Crippen LogP contribution in [0.25, 0.3) is 0 Å². The monoisotopic (exact) mass is 494 g/mol. The van der Waals surface area contributed by atoms with E-state index in [0.29, 0.717) is 47.5 Å². The summed E-state index contributed by atoms with van der Waals surface area (Å²) in [5, 5.41) is 4.93. The molecule has 5 rings (SSSR count). The molecule has 2 aromatic carbocycles. The summed E-state index contributed by atoms with van der Waals surface area (Å²) in [7, 11) is 3.20. The van der Waals surface area contributed by atoms with E-state index in [1.165, 1.54) is 11.3 Å². The molecule has 9 heteroatoms. The fraction of sp³-hybridized carbons (Fsp3) is 0.308. The van der Waals surface area contributed by atoms with Crippen LogP contribution >= 0.6 is 11.3 Å². The first-order valence-electron chi connectivity index (χ1n) is 11.3. The number of rotatable bonds is 7. The fourth-order valence-electron chi connectivity index (χ4n) is 4.61. The Hall–Kier alpha value is -3.72. The highest BCUT2D eigenvalue weighted by atomic mass is 32.1. The van der Waals surface area contributed by atoms with Crippen LogP contribution in [-0.4, -0.2) is 50.8 Å². The second-order valence-corrected chi connectivity index (χ2v) is 9.36. The van der Waals surface area contributed by atoms with Crippen LogP contribution < -0.4 is 24.3 Å². The summed E-state index contributed by atoms with van der Waals surface area (Å²) in [5.41, 5.74) is 1.75. The third kappa shape index (κ3) is 4.64. The number of methoxy groups -OCH3 is 2. The van der Waals surface area contributed by atoms with Crippen molar-refractivity contribution < 1.29 is 28.5 Å². The van der Waals surface area contributed by atoms with Gasteiger partial charge in [-0.15, -0.1) is 11.3 Å². The molecule has 3 heterocycles. The Kier molecular flexibility index (Phi) is 6.50. The molecule has 1 N–H and O–H groups in total. The van der Waals surface area contributed by atoms with Gasteiger partial charge in [-0.2, -0.15) is 0 Å². The van der Waals surface area contributed by atoms with E-state index in [2.05, 4.69) is 5.32 Å². The molecule has 0 radical (unpaired) electrons. The van der Waals surface area contributed by atoms with Crippen molar-refractivity contribution in [3.05, 3.63) is 69.9 Å². The van der Waals surface area contributed by atoms with Crippen LogP contribution in [0.1, 0.15) is 26.7 Å². The number of carbonyl (C=O) groups is 2. The maximum atomic E-state index is 13.5. The second-order valence-electron chi connectivity index (χ2n) is 8.41. The molecule has 182 valence electrons. The van der Waals surface area contributed by atoms with E-state index >= 15 is 0 Å². The van der Waals surface area contributed by atoms with Crippen LogP contribution in [0, 0.1) is 5.92 Å². The molecule has 2 aliphatic heterocycles. The molecule has 3 aromatic rings. The molecule has 2 unspecified atom stereocenters. The molecular weight excluding hydrogens is 468 g/mol. The van der Waals surface area contributed by atoms with Crippen LogP contribution in [0.4, 0.5) is 0 Å². The number of ether oxygens (including phenoxy) is 4. The Bertz CT molecular complexity index is 1230. The van der Waals surface area contributed by atoms with Gasteiger partial charge in [-0.05, 0) is 47.3 Å². The standard InChI is InChI=1S/C26H26N2O6S/c1-31-17-6-8-21(32-2)18(11-17)19-13-28(26(30)24-4-3-9-35-24)14-20(19)25(29)27-12-16-5-7-22-23(10-16)34-15-33-22/h3-11,19-20H,12-15H2,1-2H3,(H,27,29). The molecule has 0 bridgehead atoms. The third-order valence-electron chi connectivity index (χ3n) is 6.42. The zero-order chi connectivity index (χ0) is 24.4. The number of likely N-dealkylation sites (tertiary alicyclic amines) is 1. The van der Waals surface area contributed by atoms with Gasteiger partial charge in [0.25, 0.3) is 5.91 Å². The lowest BCUT2D eigenvalue weighted by atomic mass is 9.87. The van der Waals surface area contributed by atoms with E-state index in [0.717, 1.165) is 11.1 Å². The summed E-state index contributed by atoms with van der Waals surface area (Å²) in [6.07, 6.45) is 0. The molecular formula is C26H26N2O6S. The molecule has 1 aromatic heterocycles. The first kappa shape index (κ1) is 23.0. The fourth-order valence-corrected chi connectivity index (χ4v) is 5.30. The van der Waals surface area contributed by atoms with E-state index in [9.17, 15) is 9.59 Å². The predicted octanol–water partition coefficient (Wildman–Crippen LogP) is 3.67. The number of amides is 2. The van der Waals surface area contributed by atoms with E-state index < -0.39 is 5.92 Å². The van der Waals surface area contributed by atoms with Crippen molar-refractivity contribution in [3.8, 4) is 23.0 Å². The number of thiophene rings is 1. The lowest BCUT2D eigenvalue weighted by Crippen LogP contribution is -2.35. The molecule has 0 saturated carbocycles. The molecule has 1 saturated heterocycles. The largest absolute Gasteiger partial charge is 0.497 e. The summed E-state index contributed by atoms with van der Waals surface area (Å²) < 4.78 is 21.8. The van der Waals surface area contributed by atoms with Gasteiger partial charge in [-0.25, -0.2) is 0 Å². The van der Waals surface area contributed by atoms with Crippen molar-refractivity contribution in [2.45, 2.75) is 12.5 Å². The minimum absolute atomic E-state index is 0.0714. The maximum absolute atomic E-state index is 13.5. The highest BCUT2D eigenvalue weighted by molar-refractivity contribution is 7.12. The highest BCUT2D eigenvalue weighted by Gasteiger charge is 2.42. The molecule has 35 heavy (non-hydrogen) atoms. The SMILES string of the molecule is COc1ccc(OC)c(C2CN(C(=O)c3cccs3)CC2C(=O)NCc2ccc3c(c2)OCO3)c1. The minimum Gasteiger partial charge on any atom is -0.497 e. The predicted molar refractivity (Wildman–Crippen MR) is 130 cm³/mol. The van der Waals surface area contributed by atoms with Gasteiger partial charge in [-0.1, -0.05) is 12.1 Å². The zero-order valence-corrected chi connectivity index (χ0v) is 20.3. The van der Waals surface area contributed by atoms with Crippen molar-refractivity contribution in [1.82, 2.24) is 10.2 Å². The molecule has 2 aliphatic rings. The van der Waals surface area contributed by atoms with Crippen LogP contribution in [0.5, 0.6) is 23.0 Å². The zero-order valence-electron chi connectivity index (χ0n) is 19.5. The van der Waals surface area contributed by atoms with Gasteiger partial charge in [0.15, 0.2) is 11.5 Å². The van der Waals surface area contributed by atoms with Crippen molar-refractivity contribution in [2.24, 2.45) is 5.92 Å². The van der Waals surface area contributed by atoms with Gasteiger partial charge in [0.1, 0.15) is 11.5 Å². The van der Waals surface area contributed by atoms with Gasteiger partial charge in [-0.3, -0.25) is 9.59 Å². The summed E-state index contributed by atoms with van der Waals surface area (Å²) in [5.74, 6) is 1.80. The van der Waals surface area contributed by atoms with Gasteiger partial charge < -0.3 is 29.2 Å². The van der Waals surface area contributed by atoms with Crippen LogP contribution in [0.15, 0.2) is 53.9 Å². The van der Waals surface area contributed by atoms with Gasteiger partial charge in [0.2, 0.25) is 12.7 Å². The van der Waals surface area contributed by atoms with Crippen molar-refractivity contribution in [1.29, 1.82) is 0 Å². The van der Waals surface area contributed by atoms with Crippen molar-refractivity contribution in [3.63, 3.8) is 0 Å². The lowest BCUT2D eigenvalue weighted by Gasteiger charge is -2.21. The summed E-state index contributed by atoms with van der Waals surface area (Å²) in [6.45, 7) is 1.26. The van der Waals surface area contributed by atoms with Crippen LogP contribution in [0.2, 0.25) is 0 Å². The number of nitrogens with zero attached hydrogens (tertiary/aromatic N) is 1. The summed E-state index contributed by atoms with van der Waals surface area (Å²) in [6, 6.07) is 14.8. The number of hydrogen-bond donors (Lipinski definition) is 1. The maximum Gasteiger partial charge on any atom is 0.263 e. The van der Waals surface area contributed by atoms with Crippen LogP contribution in [0.3, 0.4) is 0 Å². The Balaban J connectivity index is 1.39. The number of benzene rings is 2. The molecule has 0 aliphatic carbocycles. The van der Waals surface area contributed by atoms with Gasteiger partial charge >= 0.3 is 0 Å². The smallest absolute Gasteiger partial charge is 0.263 e. The van der Waals surface area contributed by atoms with E-state index in [4.69, 9.17) is 18.9 Å². The molecule has 0 spiro atoms. The molecule has 2 atom stereocenters. The van der Waals surface area contributed by atoms with E-state index in [1.807, 2.05) is 47.8 Å². The molecule has 2 amide bonds. The third-order valence-corrected chi connectivity index (χ3v) is 7.27. The Morgan fingerprint density at radius 3 is 2.69 bits per heavy atom. The van der Waals surface area contributed by atoms with Gasteiger partial charge in [0, 0.05) is 31.1 Å². The normalized spacial score (nSPS) is 18.4. The average Bonchev–Trinajstić information content (AvgIpc) is 3.66. The first-order chi connectivity index (χ1) is 17.1. The minimum atomic E-state index is -0.450. The van der Waals surface area contributed by atoms with Crippen LogP contribution in [-0.2, 0) is 11.3 Å². The Morgan fingerprint density at radius 1 is 1.06 bits per heavy atom. The van der Waals surface area contributed by atoms with Crippen molar-refractivity contribution >= 4 is 23.2 Å². The number of carbonyl (C=O) groups excluding carboxylic acids is 2.